The average Bonchev–Trinajstić information content (AvgIpc) is 2.87. The molecule has 0 unspecified atom stereocenters. The van der Waals surface area contributed by atoms with Crippen LogP contribution in [0.15, 0.2) is 53.6 Å². The van der Waals surface area contributed by atoms with Crippen LogP contribution in [0.25, 0.3) is 0 Å². The molecule has 0 bridgehead atoms. The second kappa shape index (κ2) is 13.9. The summed E-state index contributed by atoms with van der Waals surface area (Å²) in [7, 11) is 0. The highest BCUT2D eigenvalue weighted by atomic mass is 35.5. The monoisotopic (exact) mass is 577 g/mol. The number of rotatable bonds is 11. The molecule has 200 valence electrons. The van der Waals surface area contributed by atoms with E-state index in [1.807, 2.05) is 20.8 Å². The van der Waals surface area contributed by atoms with Gasteiger partial charge in [-0.1, -0.05) is 40.9 Å². The van der Waals surface area contributed by atoms with E-state index in [9.17, 15) is 9.59 Å². The van der Waals surface area contributed by atoms with Crippen molar-refractivity contribution in [3.05, 3.63) is 80.3 Å². The fourth-order valence-electron chi connectivity index (χ4n) is 3.22. The largest absolute Gasteiger partial charge is 0.490 e. The van der Waals surface area contributed by atoms with Gasteiger partial charge in [-0.15, -0.1) is 0 Å². The van der Waals surface area contributed by atoms with E-state index in [1.165, 1.54) is 6.21 Å². The van der Waals surface area contributed by atoms with Gasteiger partial charge in [-0.2, -0.15) is 5.10 Å². The van der Waals surface area contributed by atoms with E-state index in [0.29, 0.717) is 46.5 Å². The van der Waals surface area contributed by atoms with Crippen molar-refractivity contribution in [2.45, 2.75) is 20.8 Å². The van der Waals surface area contributed by atoms with Crippen LogP contribution in [0.5, 0.6) is 17.2 Å². The highest BCUT2D eigenvalue weighted by molar-refractivity contribution is 6.37. The maximum atomic E-state index is 12.5. The number of anilines is 1. The van der Waals surface area contributed by atoms with E-state index < -0.39 is 11.8 Å². The van der Waals surface area contributed by atoms with E-state index >= 15 is 0 Å². The number of hydrazone groups is 1. The molecule has 0 heterocycles. The van der Waals surface area contributed by atoms with Crippen molar-refractivity contribution in [2.75, 3.05) is 25.1 Å². The number of halogens is 3. The van der Waals surface area contributed by atoms with Crippen LogP contribution in [0, 0.1) is 6.92 Å². The third kappa shape index (κ3) is 8.02. The molecule has 2 N–H and O–H groups in total. The lowest BCUT2D eigenvalue weighted by molar-refractivity contribution is -0.118. The summed E-state index contributed by atoms with van der Waals surface area (Å²) in [5.74, 6) is 0.314. The molecule has 0 aliphatic carbocycles. The Labute approximate surface area is 235 Å². The van der Waals surface area contributed by atoms with Crippen LogP contribution in [-0.2, 0) is 4.79 Å². The molecule has 0 aliphatic heterocycles. The summed E-state index contributed by atoms with van der Waals surface area (Å²) in [5, 5.41) is 7.54. The minimum atomic E-state index is -0.441. The number of hydrogen-bond donors (Lipinski definition) is 2. The zero-order valence-electron chi connectivity index (χ0n) is 20.9. The van der Waals surface area contributed by atoms with Gasteiger partial charge in [0.25, 0.3) is 11.8 Å². The highest BCUT2D eigenvalue weighted by Crippen LogP contribution is 2.34. The second-order valence-electron chi connectivity index (χ2n) is 7.84. The fraction of sp³-hybridized carbons (Fsp3) is 0.222. The van der Waals surface area contributed by atoms with E-state index in [1.54, 1.807) is 48.5 Å². The lowest BCUT2D eigenvalue weighted by Crippen LogP contribution is -2.20. The Morgan fingerprint density at radius 3 is 2.21 bits per heavy atom. The Morgan fingerprint density at radius 1 is 0.868 bits per heavy atom. The van der Waals surface area contributed by atoms with Crippen LogP contribution in [0.3, 0.4) is 0 Å². The van der Waals surface area contributed by atoms with Gasteiger partial charge in [-0.25, -0.2) is 5.43 Å². The van der Waals surface area contributed by atoms with Crippen LogP contribution in [0.2, 0.25) is 15.1 Å². The van der Waals surface area contributed by atoms with Crippen LogP contribution in [-0.4, -0.2) is 37.8 Å². The zero-order valence-corrected chi connectivity index (χ0v) is 23.2. The number of amides is 2. The molecule has 0 saturated heterocycles. The standard InChI is InChI=1S/C27H26Cl3N3O5/c1-4-36-23-9-7-18(12-24(23)37-5-2)27(35)33-31-14-17-10-21(29)26(22(30)11-17)38-15-25(34)32-19-8-6-16(3)20(28)13-19/h6-14H,4-5,15H2,1-3H3,(H,32,34)(H,33,35)/b31-14+. The summed E-state index contributed by atoms with van der Waals surface area (Å²) >= 11 is 18.7. The van der Waals surface area contributed by atoms with Crippen molar-refractivity contribution in [3.63, 3.8) is 0 Å². The van der Waals surface area contributed by atoms with E-state index in [0.717, 1.165) is 5.56 Å². The molecule has 0 aromatic heterocycles. The first-order valence-corrected chi connectivity index (χ1v) is 12.8. The Hall–Kier alpha value is -3.46. The van der Waals surface area contributed by atoms with Crippen molar-refractivity contribution in [1.29, 1.82) is 0 Å². The number of aryl methyl sites for hydroxylation is 1. The third-order valence-electron chi connectivity index (χ3n) is 5.01. The summed E-state index contributed by atoms with van der Waals surface area (Å²) in [6.45, 7) is 6.15. The average molecular weight is 579 g/mol. The predicted octanol–water partition coefficient (Wildman–Crippen LogP) is 6.53. The van der Waals surface area contributed by atoms with Gasteiger partial charge >= 0.3 is 0 Å². The molecule has 0 saturated carbocycles. The summed E-state index contributed by atoms with van der Waals surface area (Å²) in [6.07, 6.45) is 1.38. The predicted molar refractivity (Wildman–Crippen MR) is 151 cm³/mol. The molecule has 0 atom stereocenters. The maximum Gasteiger partial charge on any atom is 0.271 e. The van der Waals surface area contributed by atoms with E-state index in [2.05, 4.69) is 15.8 Å². The number of nitrogens with one attached hydrogen (secondary N) is 2. The highest BCUT2D eigenvalue weighted by Gasteiger charge is 2.13. The molecule has 3 aromatic carbocycles. The molecule has 0 spiro atoms. The Kier molecular flexibility index (Phi) is 10.6. The molecule has 38 heavy (non-hydrogen) atoms. The number of nitrogens with zero attached hydrogens (tertiary/aromatic N) is 1. The fourth-order valence-corrected chi connectivity index (χ4v) is 4.01. The van der Waals surface area contributed by atoms with Crippen molar-refractivity contribution in [3.8, 4) is 17.2 Å². The molecule has 2 amide bonds. The first kappa shape index (κ1) is 29.1. The van der Waals surface area contributed by atoms with Gasteiger partial charge in [0.2, 0.25) is 0 Å². The van der Waals surface area contributed by atoms with Gasteiger partial charge in [-0.3, -0.25) is 9.59 Å². The molecule has 0 fully saturated rings. The second-order valence-corrected chi connectivity index (χ2v) is 9.06. The molecular formula is C27H26Cl3N3O5. The minimum Gasteiger partial charge on any atom is -0.490 e. The summed E-state index contributed by atoms with van der Waals surface area (Å²) < 4.78 is 16.6. The molecule has 3 rings (SSSR count). The third-order valence-corrected chi connectivity index (χ3v) is 5.98. The molecule has 8 nitrogen and oxygen atoms in total. The van der Waals surface area contributed by atoms with Gasteiger partial charge in [0, 0.05) is 16.3 Å². The lowest BCUT2D eigenvalue weighted by atomic mass is 10.2. The summed E-state index contributed by atoms with van der Waals surface area (Å²) in [6, 6.07) is 13.1. The first-order chi connectivity index (χ1) is 18.2. The first-order valence-electron chi connectivity index (χ1n) is 11.6. The number of hydrogen-bond acceptors (Lipinski definition) is 6. The zero-order chi connectivity index (χ0) is 27.7. The van der Waals surface area contributed by atoms with Gasteiger partial charge in [0.1, 0.15) is 0 Å². The minimum absolute atomic E-state index is 0.143. The lowest BCUT2D eigenvalue weighted by Gasteiger charge is -2.12. The van der Waals surface area contributed by atoms with Gasteiger partial charge in [0.15, 0.2) is 23.9 Å². The molecule has 3 aromatic rings. The molecule has 0 radical (unpaired) electrons. The van der Waals surface area contributed by atoms with E-state index in [-0.39, 0.29) is 22.4 Å². The Balaban J connectivity index is 1.60. The van der Waals surface area contributed by atoms with Gasteiger partial charge in [0.05, 0.1) is 29.5 Å². The number of carbonyl (C=O) groups excluding carboxylic acids is 2. The van der Waals surface area contributed by atoms with Crippen molar-refractivity contribution < 1.29 is 23.8 Å². The summed E-state index contributed by atoms with van der Waals surface area (Å²) in [4.78, 5) is 24.8. The number of benzene rings is 3. The maximum absolute atomic E-state index is 12.5. The van der Waals surface area contributed by atoms with Gasteiger partial charge in [-0.05, 0) is 74.4 Å². The van der Waals surface area contributed by atoms with Gasteiger partial charge < -0.3 is 19.5 Å². The number of ether oxygens (including phenoxy) is 3. The Bertz CT molecular complexity index is 1320. The number of carbonyl (C=O) groups is 2. The van der Waals surface area contributed by atoms with Crippen LogP contribution < -0.4 is 25.0 Å². The van der Waals surface area contributed by atoms with Crippen molar-refractivity contribution in [1.82, 2.24) is 5.43 Å². The normalized spacial score (nSPS) is 10.8. The SMILES string of the molecule is CCOc1ccc(C(=O)N/N=C/c2cc(Cl)c(OCC(=O)Nc3ccc(C)c(Cl)c3)c(Cl)c2)cc1OCC. The molecule has 0 aliphatic rings. The summed E-state index contributed by atoms with van der Waals surface area (Å²) in [5.41, 5.74) is 4.74. The van der Waals surface area contributed by atoms with Crippen LogP contribution >= 0.6 is 34.8 Å². The molecular weight excluding hydrogens is 553 g/mol. The van der Waals surface area contributed by atoms with Crippen molar-refractivity contribution in [2.24, 2.45) is 5.10 Å². The van der Waals surface area contributed by atoms with Crippen LogP contribution in [0.1, 0.15) is 35.3 Å². The topological polar surface area (TPSA) is 98.3 Å². The van der Waals surface area contributed by atoms with E-state index in [4.69, 9.17) is 49.0 Å². The smallest absolute Gasteiger partial charge is 0.271 e. The quantitative estimate of drug-likeness (QED) is 0.199. The van der Waals surface area contributed by atoms with Crippen LogP contribution in [0.4, 0.5) is 5.69 Å². The molecule has 11 heteroatoms. The Morgan fingerprint density at radius 2 is 1.55 bits per heavy atom. The van der Waals surface area contributed by atoms with Crippen molar-refractivity contribution >= 4 is 58.5 Å².